The van der Waals surface area contributed by atoms with Gasteiger partial charge in [0.05, 0.1) is 15.5 Å². The van der Waals surface area contributed by atoms with Gasteiger partial charge in [-0.05, 0) is 30.9 Å². The van der Waals surface area contributed by atoms with Crippen molar-refractivity contribution in [2.45, 2.75) is 12.8 Å². The first kappa shape index (κ1) is 17.5. The molecule has 3 aromatic rings. The van der Waals surface area contributed by atoms with Gasteiger partial charge in [-0.25, -0.2) is 0 Å². The summed E-state index contributed by atoms with van der Waals surface area (Å²) in [4.78, 5) is 24.8. The SMILES string of the molecule is O=C(NCC(C(=O)O)C1CCOCC1)c1cc2sc3ccccc3c2s1. The number of rotatable bonds is 5. The molecule has 0 radical (unpaired) electrons. The Morgan fingerprint density at radius 1 is 1.19 bits per heavy atom. The van der Waals surface area contributed by atoms with E-state index < -0.39 is 11.9 Å². The predicted octanol–water partition coefficient (Wildman–Crippen LogP) is 3.97. The van der Waals surface area contributed by atoms with Gasteiger partial charge in [0.1, 0.15) is 0 Å². The summed E-state index contributed by atoms with van der Waals surface area (Å²) in [7, 11) is 0. The summed E-state index contributed by atoms with van der Waals surface area (Å²) >= 11 is 3.14. The molecule has 1 fully saturated rings. The topological polar surface area (TPSA) is 75.6 Å². The van der Waals surface area contributed by atoms with E-state index in [9.17, 15) is 14.7 Å². The number of carboxylic acid groups (broad SMARTS) is 1. The van der Waals surface area contributed by atoms with Crippen LogP contribution in [0.2, 0.25) is 0 Å². The molecule has 7 heteroatoms. The largest absolute Gasteiger partial charge is 0.481 e. The highest BCUT2D eigenvalue weighted by atomic mass is 32.1. The summed E-state index contributed by atoms with van der Waals surface area (Å²) in [6, 6.07) is 10.1. The second kappa shape index (κ2) is 7.34. The fourth-order valence-corrected chi connectivity index (χ4v) is 5.92. The number of hydrogen-bond donors (Lipinski definition) is 2. The second-order valence-corrected chi connectivity index (χ2v) is 8.64. The molecule has 1 aromatic carbocycles. The van der Waals surface area contributed by atoms with E-state index in [0.717, 1.165) is 22.2 Å². The Bertz CT molecular complexity index is 955. The highest BCUT2D eigenvalue weighted by Gasteiger charge is 2.30. The van der Waals surface area contributed by atoms with E-state index in [2.05, 4.69) is 17.4 Å². The second-order valence-electron chi connectivity index (χ2n) is 6.51. The number of aliphatic carboxylic acids is 1. The van der Waals surface area contributed by atoms with Crippen molar-refractivity contribution >= 4 is 54.0 Å². The molecule has 0 saturated carbocycles. The summed E-state index contributed by atoms with van der Waals surface area (Å²) in [6.07, 6.45) is 1.46. The van der Waals surface area contributed by atoms with E-state index in [0.29, 0.717) is 18.1 Å². The summed E-state index contributed by atoms with van der Waals surface area (Å²) in [5.41, 5.74) is 0. The van der Waals surface area contributed by atoms with Gasteiger partial charge >= 0.3 is 5.97 Å². The number of amides is 1. The maximum absolute atomic E-state index is 12.5. The van der Waals surface area contributed by atoms with E-state index >= 15 is 0 Å². The molecular weight excluding hydrogens is 370 g/mol. The smallest absolute Gasteiger partial charge is 0.308 e. The summed E-state index contributed by atoms with van der Waals surface area (Å²) in [6.45, 7) is 1.35. The standard InChI is InChI=1S/C19H19NO4S2/c21-18(20-10-13(19(22)23)11-5-7-24-8-6-11)16-9-15-17(26-16)12-3-1-2-4-14(12)25-15/h1-4,9,11,13H,5-8,10H2,(H,20,21)(H,22,23). The minimum atomic E-state index is -0.852. The van der Waals surface area contributed by atoms with Crippen molar-refractivity contribution in [2.24, 2.45) is 11.8 Å². The summed E-state index contributed by atoms with van der Waals surface area (Å²) in [5.74, 6) is -1.56. The van der Waals surface area contributed by atoms with Gasteiger partial charge in [-0.2, -0.15) is 0 Å². The molecule has 4 rings (SSSR count). The molecule has 1 amide bonds. The molecule has 2 N–H and O–H groups in total. The molecule has 1 unspecified atom stereocenters. The average Bonchev–Trinajstić information content (AvgIpc) is 3.20. The molecule has 0 bridgehead atoms. The molecule has 2 aromatic heterocycles. The fourth-order valence-electron chi connectivity index (χ4n) is 3.47. The predicted molar refractivity (Wildman–Crippen MR) is 104 cm³/mol. The first-order valence-electron chi connectivity index (χ1n) is 8.63. The minimum Gasteiger partial charge on any atom is -0.481 e. The lowest BCUT2D eigenvalue weighted by Gasteiger charge is -2.27. The van der Waals surface area contributed by atoms with E-state index in [1.165, 1.54) is 21.4 Å². The van der Waals surface area contributed by atoms with Crippen LogP contribution in [0.1, 0.15) is 22.5 Å². The third-order valence-corrected chi connectivity index (χ3v) is 7.32. The van der Waals surface area contributed by atoms with Gasteiger partial charge < -0.3 is 15.2 Å². The Balaban J connectivity index is 1.48. The monoisotopic (exact) mass is 389 g/mol. The number of ether oxygens (including phenoxy) is 1. The van der Waals surface area contributed by atoms with Crippen LogP contribution in [-0.2, 0) is 9.53 Å². The van der Waals surface area contributed by atoms with Gasteiger partial charge in [-0.15, -0.1) is 22.7 Å². The van der Waals surface area contributed by atoms with Crippen LogP contribution in [0.4, 0.5) is 0 Å². The van der Waals surface area contributed by atoms with E-state index in [-0.39, 0.29) is 18.4 Å². The highest BCUT2D eigenvalue weighted by molar-refractivity contribution is 7.33. The molecule has 3 heterocycles. The molecule has 1 saturated heterocycles. The number of carboxylic acids is 1. The van der Waals surface area contributed by atoms with Gasteiger partial charge in [0.15, 0.2) is 0 Å². The molecule has 5 nitrogen and oxygen atoms in total. The number of benzene rings is 1. The van der Waals surface area contributed by atoms with Crippen LogP contribution in [0.25, 0.3) is 19.5 Å². The van der Waals surface area contributed by atoms with E-state index in [1.54, 1.807) is 11.3 Å². The molecule has 1 atom stereocenters. The highest BCUT2D eigenvalue weighted by Crippen LogP contribution is 2.39. The maximum Gasteiger partial charge on any atom is 0.308 e. The zero-order valence-corrected chi connectivity index (χ0v) is 15.7. The quantitative estimate of drug-likeness (QED) is 0.692. The summed E-state index contributed by atoms with van der Waals surface area (Å²) in [5, 5.41) is 13.5. The molecule has 1 aliphatic heterocycles. The zero-order chi connectivity index (χ0) is 18.1. The lowest BCUT2D eigenvalue weighted by molar-refractivity contribution is -0.144. The van der Waals surface area contributed by atoms with E-state index in [4.69, 9.17) is 4.74 Å². The Kier molecular flexibility index (Phi) is 4.93. The number of nitrogens with one attached hydrogen (secondary N) is 1. The van der Waals surface area contributed by atoms with Crippen molar-refractivity contribution in [1.82, 2.24) is 5.32 Å². The third kappa shape index (κ3) is 3.34. The van der Waals surface area contributed by atoms with E-state index in [1.807, 2.05) is 18.2 Å². The summed E-state index contributed by atoms with van der Waals surface area (Å²) < 4.78 is 8.74. The number of carbonyl (C=O) groups excluding carboxylic acids is 1. The molecule has 136 valence electrons. The zero-order valence-electron chi connectivity index (χ0n) is 14.1. The molecule has 0 aliphatic carbocycles. The van der Waals surface area contributed by atoms with Crippen LogP contribution in [-0.4, -0.2) is 36.7 Å². The number of hydrogen-bond acceptors (Lipinski definition) is 5. The number of fused-ring (bicyclic) bond motifs is 3. The fraction of sp³-hybridized carbons (Fsp3) is 0.368. The molecule has 1 aliphatic rings. The first-order chi connectivity index (χ1) is 12.6. The van der Waals surface area contributed by atoms with Crippen molar-refractivity contribution in [3.63, 3.8) is 0 Å². The Labute approximate surface area is 158 Å². The Morgan fingerprint density at radius 3 is 2.73 bits per heavy atom. The van der Waals surface area contributed by atoms with Crippen LogP contribution in [0.5, 0.6) is 0 Å². The van der Waals surface area contributed by atoms with Crippen LogP contribution in [0.15, 0.2) is 30.3 Å². The van der Waals surface area contributed by atoms with Crippen molar-refractivity contribution in [3.05, 3.63) is 35.2 Å². The van der Waals surface area contributed by atoms with Crippen molar-refractivity contribution in [2.75, 3.05) is 19.8 Å². The van der Waals surface area contributed by atoms with Gasteiger partial charge in [0.2, 0.25) is 0 Å². The van der Waals surface area contributed by atoms with Crippen molar-refractivity contribution in [3.8, 4) is 0 Å². The average molecular weight is 389 g/mol. The maximum atomic E-state index is 12.5. The Hall–Kier alpha value is -1.96. The normalized spacial score (nSPS) is 16.8. The van der Waals surface area contributed by atoms with Crippen LogP contribution in [0.3, 0.4) is 0 Å². The molecule has 0 spiro atoms. The molecular formula is C19H19NO4S2. The molecule has 26 heavy (non-hydrogen) atoms. The van der Waals surface area contributed by atoms with Crippen LogP contribution >= 0.6 is 22.7 Å². The van der Waals surface area contributed by atoms with Gasteiger partial charge in [0.25, 0.3) is 5.91 Å². The van der Waals surface area contributed by atoms with Gasteiger partial charge in [-0.3, -0.25) is 9.59 Å². The Morgan fingerprint density at radius 2 is 1.96 bits per heavy atom. The lowest BCUT2D eigenvalue weighted by atomic mass is 9.86. The van der Waals surface area contributed by atoms with Crippen LogP contribution in [0, 0.1) is 11.8 Å². The van der Waals surface area contributed by atoms with Crippen molar-refractivity contribution in [1.29, 1.82) is 0 Å². The van der Waals surface area contributed by atoms with Crippen molar-refractivity contribution < 1.29 is 19.4 Å². The lowest BCUT2D eigenvalue weighted by Crippen LogP contribution is -2.38. The van der Waals surface area contributed by atoms with Gasteiger partial charge in [-0.1, -0.05) is 18.2 Å². The van der Waals surface area contributed by atoms with Gasteiger partial charge in [0, 0.05) is 34.5 Å². The minimum absolute atomic E-state index is 0.0531. The first-order valence-corrected chi connectivity index (χ1v) is 10.3. The number of carbonyl (C=O) groups is 2. The number of thiophene rings is 2. The third-order valence-electron chi connectivity index (χ3n) is 4.91. The van der Waals surface area contributed by atoms with Crippen LogP contribution < -0.4 is 5.32 Å².